The molecule has 1 heterocycles. The maximum Gasteiger partial charge on any atom is 0.270 e. The highest BCUT2D eigenvalue weighted by molar-refractivity contribution is 5.97. The minimum atomic E-state index is -0.145. The third-order valence-corrected chi connectivity index (χ3v) is 7.06. The number of anilines is 1. The number of ether oxygens (including phenoxy) is 1. The Morgan fingerprint density at radius 1 is 1.22 bits per heavy atom. The molecular weight excluding hydrogens is 450 g/mol. The predicted octanol–water partition coefficient (Wildman–Crippen LogP) is 4.73. The number of carbonyl (C=O) groups excluding carboxylic acids is 1. The fourth-order valence-corrected chi connectivity index (χ4v) is 5.03. The van der Waals surface area contributed by atoms with Crippen LogP contribution in [0.25, 0.3) is 10.8 Å². The molecule has 1 amide bonds. The molecule has 1 aliphatic rings. The lowest BCUT2D eigenvalue weighted by atomic mass is 9.76. The van der Waals surface area contributed by atoms with Crippen LogP contribution in [0.15, 0.2) is 66.9 Å². The first-order chi connectivity index (χ1) is 17.4. The van der Waals surface area contributed by atoms with E-state index in [9.17, 15) is 4.79 Å². The summed E-state index contributed by atoms with van der Waals surface area (Å²) in [6.07, 6.45) is 4.47. The third-order valence-electron chi connectivity index (χ3n) is 7.06. The monoisotopic (exact) mass is 483 g/mol. The molecule has 0 bridgehead atoms. The van der Waals surface area contributed by atoms with Crippen LogP contribution < -0.4 is 15.4 Å². The highest BCUT2D eigenvalue weighted by Gasteiger charge is 2.34. The maximum atomic E-state index is 13.0. The molecule has 1 saturated carbocycles. The summed E-state index contributed by atoms with van der Waals surface area (Å²) in [4.78, 5) is 19.5. The Balaban J connectivity index is 1.71. The van der Waals surface area contributed by atoms with Gasteiger partial charge in [0.2, 0.25) is 0 Å². The number of benzene rings is 2. The zero-order chi connectivity index (χ0) is 25.7. The van der Waals surface area contributed by atoms with Gasteiger partial charge in [-0.15, -0.1) is 0 Å². The molecule has 36 heavy (non-hydrogen) atoms. The van der Waals surface area contributed by atoms with E-state index in [2.05, 4.69) is 65.5 Å². The summed E-state index contributed by atoms with van der Waals surface area (Å²) in [5.74, 6) is 0.699. The average Bonchev–Trinajstić information content (AvgIpc) is 2.91. The van der Waals surface area contributed by atoms with Crippen LogP contribution in [0.3, 0.4) is 0 Å². The minimum absolute atomic E-state index is 0.00598. The highest BCUT2D eigenvalue weighted by Crippen LogP contribution is 2.39. The lowest BCUT2D eigenvalue weighted by Gasteiger charge is -2.39. The zero-order valence-corrected chi connectivity index (χ0v) is 21.1. The molecule has 1 fully saturated rings. The van der Waals surface area contributed by atoms with E-state index in [1.54, 1.807) is 19.4 Å². The van der Waals surface area contributed by atoms with Crippen molar-refractivity contribution in [1.82, 2.24) is 15.2 Å². The standard InChI is InChI=1S/C29H33N5O2/c1-19(17-30)18-32-28-24-15-21(9-8-20(24)10-13-27(28)36-4)23-16-22(34(2)3)11-12-25(23)33-29(35)26-7-5-6-14-31-26/h5-10,13-15,22-23,25,32H,1,11-12,16,18H2,2-4H3,(H,33,35)/t22-,23-,25-/m1/s1. The molecule has 2 N–H and O–H groups in total. The summed E-state index contributed by atoms with van der Waals surface area (Å²) in [7, 11) is 5.87. The molecule has 4 rings (SSSR count). The molecule has 7 nitrogen and oxygen atoms in total. The van der Waals surface area contributed by atoms with Crippen molar-refractivity contribution in [2.45, 2.75) is 37.3 Å². The predicted molar refractivity (Wildman–Crippen MR) is 143 cm³/mol. The van der Waals surface area contributed by atoms with Crippen molar-refractivity contribution in [2.75, 3.05) is 33.1 Å². The molecule has 1 aromatic heterocycles. The van der Waals surface area contributed by atoms with Crippen molar-refractivity contribution in [3.8, 4) is 11.8 Å². The van der Waals surface area contributed by atoms with Crippen LogP contribution in [0, 0.1) is 11.3 Å². The van der Waals surface area contributed by atoms with Gasteiger partial charge in [0, 0.05) is 41.7 Å². The largest absolute Gasteiger partial charge is 0.495 e. The minimum Gasteiger partial charge on any atom is -0.495 e. The smallest absolute Gasteiger partial charge is 0.270 e. The number of carbonyl (C=O) groups is 1. The van der Waals surface area contributed by atoms with E-state index in [-0.39, 0.29) is 17.9 Å². The first kappa shape index (κ1) is 25.2. The SMILES string of the molecule is C=C(C#N)CNc1c(OC)ccc2ccc([C@H]3C[C@H](N(C)C)CC[C@H]3NC(=O)c3ccccn3)cc12. The van der Waals surface area contributed by atoms with Gasteiger partial charge in [-0.25, -0.2) is 0 Å². The van der Waals surface area contributed by atoms with Gasteiger partial charge in [0.1, 0.15) is 11.4 Å². The van der Waals surface area contributed by atoms with Crippen LogP contribution in [0.1, 0.15) is 41.2 Å². The van der Waals surface area contributed by atoms with Gasteiger partial charge in [-0.05, 0) is 68.6 Å². The van der Waals surface area contributed by atoms with Gasteiger partial charge in [0.15, 0.2) is 0 Å². The van der Waals surface area contributed by atoms with Crippen LogP contribution in [0.5, 0.6) is 5.75 Å². The average molecular weight is 484 g/mol. The molecule has 7 heteroatoms. The number of nitrogens with zero attached hydrogens (tertiary/aromatic N) is 3. The molecule has 0 spiro atoms. The first-order valence-electron chi connectivity index (χ1n) is 12.2. The Bertz CT molecular complexity index is 1280. The number of pyridine rings is 1. The second-order valence-corrected chi connectivity index (χ2v) is 9.52. The summed E-state index contributed by atoms with van der Waals surface area (Å²) in [6, 6.07) is 18.3. The topological polar surface area (TPSA) is 90.3 Å². The Hall–Kier alpha value is -3.89. The number of methoxy groups -OCH3 is 1. The lowest BCUT2D eigenvalue weighted by Crippen LogP contribution is -2.46. The summed E-state index contributed by atoms with van der Waals surface area (Å²) in [5.41, 5.74) is 2.88. The Labute approximate surface area is 212 Å². The van der Waals surface area contributed by atoms with Crippen LogP contribution in [-0.4, -0.2) is 55.6 Å². The Morgan fingerprint density at radius 2 is 2.03 bits per heavy atom. The van der Waals surface area contributed by atoms with E-state index in [1.165, 1.54) is 0 Å². The van der Waals surface area contributed by atoms with Gasteiger partial charge in [-0.1, -0.05) is 30.8 Å². The van der Waals surface area contributed by atoms with E-state index < -0.39 is 0 Å². The fourth-order valence-electron chi connectivity index (χ4n) is 5.03. The maximum absolute atomic E-state index is 13.0. The molecule has 186 valence electrons. The van der Waals surface area contributed by atoms with Gasteiger partial charge in [-0.3, -0.25) is 9.78 Å². The van der Waals surface area contributed by atoms with E-state index in [0.29, 0.717) is 29.6 Å². The number of amides is 1. The van der Waals surface area contributed by atoms with E-state index in [0.717, 1.165) is 41.3 Å². The van der Waals surface area contributed by atoms with Crippen molar-refractivity contribution >= 4 is 22.4 Å². The van der Waals surface area contributed by atoms with E-state index in [4.69, 9.17) is 10.00 Å². The molecule has 3 aromatic rings. The number of nitriles is 1. The second-order valence-electron chi connectivity index (χ2n) is 9.52. The number of rotatable bonds is 8. The molecular formula is C29H33N5O2. The quantitative estimate of drug-likeness (QED) is 0.450. The van der Waals surface area contributed by atoms with Crippen molar-refractivity contribution in [2.24, 2.45) is 0 Å². The number of hydrogen-bond donors (Lipinski definition) is 2. The molecule has 0 radical (unpaired) electrons. The van der Waals surface area contributed by atoms with Crippen molar-refractivity contribution < 1.29 is 9.53 Å². The summed E-state index contributed by atoms with van der Waals surface area (Å²) >= 11 is 0. The molecule has 0 unspecified atom stereocenters. The van der Waals surface area contributed by atoms with Gasteiger partial charge in [0.05, 0.1) is 18.9 Å². The summed E-state index contributed by atoms with van der Waals surface area (Å²) in [6.45, 7) is 4.13. The van der Waals surface area contributed by atoms with E-state index in [1.807, 2.05) is 24.3 Å². The van der Waals surface area contributed by atoms with Gasteiger partial charge >= 0.3 is 0 Å². The van der Waals surface area contributed by atoms with E-state index >= 15 is 0 Å². The Kier molecular flexibility index (Phi) is 7.87. The van der Waals surface area contributed by atoms with Crippen LogP contribution >= 0.6 is 0 Å². The fraction of sp³-hybridized carbons (Fsp3) is 0.345. The number of fused-ring (bicyclic) bond motifs is 1. The van der Waals surface area contributed by atoms with Gasteiger partial charge in [0.25, 0.3) is 5.91 Å². The van der Waals surface area contributed by atoms with Gasteiger partial charge in [-0.2, -0.15) is 5.26 Å². The normalized spacial score (nSPS) is 19.5. The lowest BCUT2D eigenvalue weighted by molar-refractivity contribution is 0.0898. The number of aromatic nitrogens is 1. The van der Waals surface area contributed by atoms with Crippen molar-refractivity contribution in [3.63, 3.8) is 0 Å². The summed E-state index contributed by atoms with van der Waals surface area (Å²) < 4.78 is 5.63. The Morgan fingerprint density at radius 3 is 2.72 bits per heavy atom. The molecule has 2 aromatic carbocycles. The molecule has 0 aliphatic heterocycles. The third kappa shape index (κ3) is 5.50. The molecule has 0 saturated heterocycles. The van der Waals surface area contributed by atoms with Crippen LogP contribution in [0.4, 0.5) is 5.69 Å². The first-order valence-corrected chi connectivity index (χ1v) is 12.2. The van der Waals surface area contributed by atoms with Crippen molar-refractivity contribution in [3.05, 3.63) is 78.1 Å². The number of hydrogen-bond acceptors (Lipinski definition) is 6. The highest BCUT2D eigenvalue weighted by atomic mass is 16.5. The van der Waals surface area contributed by atoms with Crippen LogP contribution in [0.2, 0.25) is 0 Å². The summed E-state index contributed by atoms with van der Waals surface area (Å²) in [5, 5.41) is 17.9. The number of nitrogens with one attached hydrogen (secondary N) is 2. The second kappa shape index (κ2) is 11.2. The molecule has 1 aliphatic carbocycles. The van der Waals surface area contributed by atoms with Crippen LogP contribution in [-0.2, 0) is 0 Å². The molecule has 3 atom stereocenters. The van der Waals surface area contributed by atoms with Crippen molar-refractivity contribution in [1.29, 1.82) is 5.26 Å². The van der Waals surface area contributed by atoms with Gasteiger partial charge < -0.3 is 20.3 Å². The zero-order valence-electron chi connectivity index (χ0n) is 21.1.